The Morgan fingerprint density at radius 1 is 1.19 bits per heavy atom. The molecular formula is C14H27NO. The molecule has 1 saturated heterocycles. The Hall–Kier alpha value is -0.0800. The smallest absolute Gasteiger partial charge is 0.0499 e. The lowest BCUT2D eigenvalue weighted by Gasteiger charge is -2.43. The molecule has 1 saturated carbocycles. The van der Waals surface area contributed by atoms with Gasteiger partial charge >= 0.3 is 0 Å². The van der Waals surface area contributed by atoms with Crippen LogP contribution in [-0.2, 0) is 0 Å². The summed E-state index contributed by atoms with van der Waals surface area (Å²) in [5, 5.41) is 9.76. The van der Waals surface area contributed by atoms with Crippen molar-refractivity contribution in [1.29, 1.82) is 0 Å². The molecule has 2 nitrogen and oxygen atoms in total. The molecule has 0 aromatic rings. The fraction of sp³-hybridized carbons (Fsp3) is 1.00. The highest BCUT2D eigenvalue weighted by Crippen LogP contribution is 2.39. The summed E-state index contributed by atoms with van der Waals surface area (Å²) in [6.45, 7) is 2.72. The van der Waals surface area contributed by atoms with Crippen LogP contribution in [0.3, 0.4) is 0 Å². The fourth-order valence-corrected chi connectivity index (χ4v) is 3.82. The number of rotatable bonds is 3. The molecule has 0 amide bonds. The summed E-state index contributed by atoms with van der Waals surface area (Å²) >= 11 is 0. The molecule has 2 aliphatic rings. The predicted molar refractivity (Wildman–Crippen MR) is 67.4 cm³/mol. The van der Waals surface area contributed by atoms with Crippen LogP contribution in [0.1, 0.15) is 51.4 Å². The van der Waals surface area contributed by atoms with Crippen LogP contribution in [0.4, 0.5) is 0 Å². The Bertz CT molecular complexity index is 213. The number of hydrogen-bond donors (Lipinski definition) is 1. The molecule has 16 heavy (non-hydrogen) atoms. The van der Waals surface area contributed by atoms with Gasteiger partial charge in [-0.1, -0.05) is 32.1 Å². The van der Waals surface area contributed by atoms with Crippen LogP contribution in [0.15, 0.2) is 0 Å². The number of hydrogen-bond acceptors (Lipinski definition) is 2. The second kappa shape index (κ2) is 5.50. The fourth-order valence-electron chi connectivity index (χ4n) is 3.82. The molecule has 0 aromatic heterocycles. The summed E-state index contributed by atoms with van der Waals surface area (Å²) < 4.78 is 0. The van der Waals surface area contributed by atoms with E-state index in [4.69, 9.17) is 0 Å². The summed E-state index contributed by atoms with van der Waals surface area (Å²) in [6.07, 6.45) is 10.9. The molecule has 1 atom stereocenters. The maximum atomic E-state index is 9.76. The van der Waals surface area contributed by atoms with Crippen molar-refractivity contribution in [1.82, 2.24) is 4.90 Å². The molecule has 0 bridgehead atoms. The van der Waals surface area contributed by atoms with Gasteiger partial charge in [0.05, 0.1) is 0 Å². The molecule has 1 unspecified atom stereocenters. The standard InChI is InChI=1S/C14H27NO/c1-15-9-5-8-14(11-15,12-16)10-13-6-3-2-4-7-13/h13,16H,2-12H2,1H3. The number of piperidine rings is 1. The van der Waals surface area contributed by atoms with E-state index in [1.807, 2.05) is 0 Å². The second-order valence-corrected chi connectivity index (χ2v) is 6.21. The Morgan fingerprint density at radius 3 is 2.56 bits per heavy atom. The molecule has 2 fully saturated rings. The lowest BCUT2D eigenvalue weighted by molar-refractivity contribution is 0.0183. The van der Waals surface area contributed by atoms with Crippen molar-refractivity contribution in [2.45, 2.75) is 51.4 Å². The molecule has 0 aromatic carbocycles. The SMILES string of the molecule is CN1CCCC(CO)(CC2CCCCC2)C1. The number of aliphatic hydroxyl groups excluding tert-OH is 1. The van der Waals surface area contributed by atoms with Gasteiger partial charge in [-0.05, 0) is 38.8 Å². The van der Waals surface area contributed by atoms with Crippen LogP contribution in [0.25, 0.3) is 0 Å². The number of aliphatic hydroxyl groups is 1. The summed E-state index contributed by atoms with van der Waals surface area (Å²) in [7, 11) is 2.20. The van der Waals surface area contributed by atoms with Crippen LogP contribution < -0.4 is 0 Å². The largest absolute Gasteiger partial charge is 0.396 e. The van der Waals surface area contributed by atoms with Crippen LogP contribution in [0.5, 0.6) is 0 Å². The van der Waals surface area contributed by atoms with E-state index in [9.17, 15) is 5.11 Å². The van der Waals surface area contributed by atoms with Crippen molar-refractivity contribution < 1.29 is 5.11 Å². The average Bonchev–Trinajstić information content (AvgIpc) is 2.30. The maximum absolute atomic E-state index is 9.76. The Kier molecular flexibility index (Phi) is 4.26. The van der Waals surface area contributed by atoms with Gasteiger partial charge in [0.2, 0.25) is 0 Å². The monoisotopic (exact) mass is 225 g/mol. The van der Waals surface area contributed by atoms with Crippen molar-refractivity contribution in [3.63, 3.8) is 0 Å². The van der Waals surface area contributed by atoms with E-state index in [-0.39, 0.29) is 5.41 Å². The van der Waals surface area contributed by atoms with Gasteiger partial charge in [0.25, 0.3) is 0 Å². The summed E-state index contributed by atoms with van der Waals surface area (Å²) in [5.41, 5.74) is 0.231. The molecule has 94 valence electrons. The summed E-state index contributed by atoms with van der Waals surface area (Å²) in [4.78, 5) is 2.41. The van der Waals surface area contributed by atoms with E-state index in [2.05, 4.69) is 11.9 Å². The Balaban J connectivity index is 1.91. The highest BCUT2D eigenvalue weighted by molar-refractivity contribution is 4.88. The molecule has 1 aliphatic heterocycles. The lowest BCUT2D eigenvalue weighted by Crippen LogP contribution is -2.44. The predicted octanol–water partition coefficient (Wildman–Crippen LogP) is 2.66. The molecule has 0 radical (unpaired) electrons. The Morgan fingerprint density at radius 2 is 1.94 bits per heavy atom. The zero-order valence-electron chi connectivity index (χ0n) is 10.7. The van der Waals surface area contributed by atoms with E-state index in [1.165, 1.54) is 57.9 Å². The van der Waals surface area contributed by atoms with Crippen molar-refractivity contribution >= 4 is 0 Å². The maximum Gasteiger partial charge on any atom is 0.0499 e. The van der Waals surface area contributed by atoms with Gasteiger partial charge in [-0.15, -0.1) is 0 Å². The van der Waals surface area contributed by atoms with Crippen molar-refractivity contribution in [3.05, 3.63) is 0 Å². The highest BCUT2D eigenvalue weighted by atomic mass is 16.3. The molecular weight excluding hydrogens is 198 g/mol. The zero-order chi connectivity index (χ0) is 11.4. The van der Waals surface area contributed by atoms with E-state index in [1.54, 1.807) is 0 Å². The second-order valence-electron chi connectivity index (χ2n) is 6.21. The minimum Gasteiger partial charge on any atom is -0.396 e. The molecule has 2 rings (SSSR count). The topological polar surface area (TPSA) is 23.5 Å². The molecule has 2 heteroatoms. The average molecular weight is 225 g/mol. The molecule has 1 aliphatic carbocycles. The van der Waals surface area contributed by atoms with E-state index in [0.717, 1.165) is 12.5 Å². The molecule has 0 spiro atoms. The van der Waals surface area contributed by atoms with Crippen molar-refractivity contribution in [2.75, 3.05) is 26.7 Å². The molecule has 1 N–H and O–H groups in total. The number of nitrogens with zero attached hydrogens (tertiary/aromatic N) is 1. The van der Waals surface area contributed by atoms with Gasteiger partial charge in [-0.3, -0.25) is 0 Å². The molecule has 1 heterocycles. The van der Waals surface area contributed by atoms with Crippen LogP contribution in [0.2, 0.25) is 0 Å². The van der Waals surface area contributed by atoms with Gasteiger partial charge in [0.1, 0.15) is 0 Å². The first-order valence-corrected chi connectivity index (χ1v) is 7.03. The first-order chi connectivity index (χ1) is 7.74. The Labute approximate surface area is 100 Å². The van der Waals surface area contributed by atoms with Crippen LogP contribution in [-0.4, -0.2) is 36.8 Å². The van der Waals surface area contributed by atoms with E-state index >= 15 is 0 Å². The summed E-state index contributed by atoms with van der Waals surface area (Å²) in [5.74, 6) is 0.896. The minimum absolute atomic E-state index is 0.231. The third kappa shape index (κ3) is 2.98. The first-order valence-electron chi connectivity index (χ1n) is 7.03. The summed E-state index contributed by atoms with van der Waals surface area (Å²) in [6, 6.07) is 0. The third-order valence-electron chi connectivity index (χ3n) is 4.63. The van der Waals surface area contributed by atoms with Gasteiger partial charge in [0, 0.05) is 18.6 Å². The highest BCUT2D eigenvalue weighted by Gasteiger charge is 2.36. The third-order valence-corrected chi connectivity index (χ3v) is 4.63. The van der Waals surface area contributed by atoms with Crippen molar-refractivity contribution in [2.24, 2.45) is 11.3 Å². The first kappa shape index (κ1) is 12.4. The van der Waals surface area contributed by atoms with Gasteiger partial charge in [0.15, 0.2) is 0 Å². The normalized spacial score (nSPS) is 34.1. The zero-order valence-corrected chi connectivity index (χ0v) is 10.7. The van der Waals surface area contributed by atoms with E-state index in [0.29, 0.717) is 6.61 Å². The number of likely N-dealkylation sites (tertiary alicyclic amines) is 1. The van der Waals surface area contributed by atoms with Crippen LogP contribution >= 0.6 is 0 Å². The lowest BCUT2D eigenvalue weighted by atomic mass is 9.71. The van der Waals surface area contributed by atoms with Gasteiger partial charge < -0.3 is 10.0 Å². The van der Waals surface area contributed by atoms with Crippen LogP contribution in [0, 0.1) is 11.3 Å². The van der Waals surface area contributed by atoms with E-state index < -0.39 is 0 Å². The quantitative estimate of drug-likeness (QED) is 0.798. The van der Waals surface area contributed by atoms with Gasteiger partial charge in [-0.25, -0.2) is 0 Å². The van der Waals surface area contributed by atoms with Gasteiger partial charge in [-0.2, -0.15) is 0 Å². The minimum atomic E-state index is 0.231. The van der Waals surface area contributed by atoms with Crippen molar-refractivity contribution in [3.8, 4) is 0 Å².